The number of benzene rings is 3. The molecule has 0 saturated heterocycles. The fourth-order valence-electron chi connectivity index (χ4n) is 3.52. The van der Waals surface area contributed by atoms with Gasteiger partial charge in [-0.3, -0.25) is 4.79 Å². The van der Waals surface area contributed by atoms with Gasteiger partial charge in [0.2, 0.25) is 0 Å². The Balaban J connectivity index is 1.64. The smallest absolute Gasteiger partial charge is 0.287 e. The molecule has 1 heterocycles. The topological polar surface area (TPSA) is 76.4 Å². The Labute approximate surface area is 179 Å². The Morgan fingerprint density at radius 3 is 2.29 bits per heavy atom. The second-order valence-electron chi connectivity index (χ2n) is 7.16. The van der Waals surface area contributed by atoms with Crippen LogP contribution in [-0.2, 0) is 9.84 Å². The van der Waals surface area contributed by atoms with Crippen molar-refractivity contribution >= 4 is 26.7 Å². The summed E-state index contributed by atoms with van der Waals surface area (Å²) in [7, 11) is -3.90. The van der Waals surface area contributed by atoms with Crippen molar-refractivity contribution in [2.24, 2.45) is 0 Å². The predicted octanol–water partition coefficient (Wildman–Crippen LogP) is 4.83. The number of carbonyl (C=O) groups is 1. The zero-order valence-corrected chi connectivity index (χ0v) is 17.5. The Morgan fingerprint density at radius 1 is 0.968 bits per heavy atom. The van der Waals surface area contributed by atoms with Crippen LogP contribution in [0, 0.1) is 12.7 Å². The average Bonchev–Trinajstić information content (AvgIpc) is 3.11. The molecule has 0 saturated carbocycles. The highest BCUT2D eigenvalue weighted by molar-refractivity contribution is 7.91. The van der Waals surface area contributed by atoms with Crippen molar-refractivity contribution in [2.75, 3.05) is 6.54 Å². The molecule has 158 valence electrons. The van der Waals surface area contributed by atoms with Gasteiger partial charge in [-0.15, -0.1) is 0 Å². The van der Waals surface area contributed by atoms with E-state index in [0.29, 0.717) is 16.7 Å². The number of fused-ring (bicyclic) bond motifs is 1. The molecule has 7 heteroatoms. The quantitative estimate of drug-likeness (QED) is 0.439. The number of carbonyl (C=O) groups excluding carboxylic acids is 1. The van der Waals surface area contributed by atoms with Crippen molar-refractivity contribution in [3.05, 3.63) is 102 Å². The minimum Gasteiger partial charge on any atom is -0.451 e. The number of aryl methyl sites for hydroxylation is 1. The van der Waals surface area contributed by atoms with Crippen LogP contribution in [0.4, 0.5) is 4.39 Å². The van der Waals surface area contributed by atoms with Crippen LogP contribution in [0.2, 0.25) is 0 Å². The van der Waals surface area contributed by atoms with Crippen LogP contribution in [0.1, 0.15) is 26.9 Å². The summed E-state index contributed by atoms with van der Waals surface area (Å²) >= 11 is 0. The van der Waals surface area contributed by atoms with E-state index in [-0.39, 0.29) is 17.2 Å². The first-order valence-electron chi connectivity index (χ1n) is 9.68. The minimum absolute atomic E-state index is 0.0167. The molecule has 0 fully saturated rings. The normalized spacial score (nSPS) is 12.6. The van der Waals surface area contributed by atoms with E-state index >= 15 is 0 Å². The molecular weight excluding hydrogens is 417 g/mol. The van der Waals surface area contributed by atoms with E-state index in [1.165, 1.54) is 12.1 Å². The zero-order valence-electron chi connectivity index (χ0n) is 16.7. The van der Waals surface area contributed by atoms with Gasteiger partial charge < -0.3 is 9.73 Å². The van der Waals surface area contributed by atoms with Gasteiger partial charge in [-0.2, -0.15) is 0 Å². The van der Waals surface area contributed by atoms with Crippen LogP contribution in [0.25, 0.3) is 11.0 Å². The van der Waals surface area contributed by atoms with Gasteiger partial charge in [-0.25, -0.2) is 12.8 Å². The highest BCUT2D eigenvalue weighted by Gasteiger charge is 2.30. The lowest BCUT2D eigenvalue weighted by molar-refractivity contribution is 0.0927. The molecule has 3 aromatic carbocycles. The summed E-state index contributed by atoms with van der Waals surface area (Å²) in [6.45, 7) is 1.61. The molecule has 1 N–H and O–H groups in total. The maximum absolute atomic E-state index is 13.3. The van der Waals surface area contributed by atoms with E-state index in [0.717, 1.165) is 17.5 Å². The Hall–Kier alpha value is -3.45. The third-order valence-electron chi connectivity index (χ3n) is 5.19. The van der Waals surface area contributed by atoms with E-state index in [2.05, 4.69) is 5.32 Å². The van der Waals surface area contributed by atoms with Crippen molar-refractivity contribution < 1.29 is 22.0 Å². The van der Waals surface area contributed by atoms with Crippen molar-refractivity contribution in [1.82, 2.24) is 5.32 Å². The van der Waals surface area contributed by atoms with Gasteiger partial charge in [0.25, 0.3) is 5.91 Å². The maximum Gasteiger partial charge on any atom is 0.287 e. The minimum atomic E-state index is -3.90. The third kappa shape index (κ3) is 4.09. The van der Waals surface area contributed by atoms with Gasteiger partial charge in [0.1, 0.15) is 16.7 Å². The first-order valence-corrected chi connectivity index (χ1v) is 11.2. The lowest BCUT2D eigenvalue weighted by Gasteiger charge is -2.19. The zero-order chi connectivity index (χ0) is 22.0. The second-order valence-corrected chi connectivity index (χ2v) is 9.29. The summed E-state index contributed by atoms with van der Waals surface area (Å²) in [4.78, 5) is 12.8. The van der Waals surface area contributed by atoms with Crippen LogP contribution in [0.5, 0.6) is 0 Å². The highest BCUT2D eigenvalue weighted by atomic mass is 32.2. The number of rotatable bonds is 6. The molecule has 1 aromatic heterocycles. The molecule has 0 aliphatic rings. The van der Waals surface area contributed by atoms with Crippen LogP contribution in [-0.4, -0.2) is 20.9 Å². The summed E-state index contributed by atoms with van der Waals surface area (Å²) in [5.74, 6) is -0.875. The van der Waals surface area contributed by atoms with Crippen LogP contribution < -0.4 is 5.32 Å². The lowest BCUT2D eigenvalue weighted by atomic mass is 10.1. The second kappa shape index (κ2) is 8.35. The monoisotopic (exact) mass is 437 g/mol. The summed E-state index contributed by atoms with van der Waals surface area (Å²) in [5.41, 5.74) is 1.79. The summed E-state index contributed by atoms with van der Waals surface area (Å²) < 4.78 is 45.6. The molecule has 31 heavy (non-hydrogen) atoms. The van der Waals surface area contributed by atoms with E-state index in [1.54, 1.807) is 43.3 Å². The number of amides is 1. The first-order chi connectivity index (χ1) is 14.9. The molecule has 0 spiro atoms. The Morgan fingerprint density at radius 2 is 1.61 bits per heavy atom. The van der Waals surface area contributed by atoms with Crippen molar-refractivity contribution in [2.45, 2.75) is 17.1 Å². The van der Waals surface area contributed by atoms with Crippen molar-refractivity contribution in [3.63, 3.8) is 0 Å². The molecule has 0 bridgehead atoms. The Bertz CT molecular complexity index is 1330. The molecule has 4 aromatic rings. The third-order valence-corrected chi connectivity index (χ3v) is 7.30. The van der Waals surface area contributed by atoms with Crippen molar-refractivity contribution in [3.8, 4) is 0 Å². The average molecular weight is 437 g/mol. The fourth-order valence-corrected chi connectivity index (χ4v) is 5.18. The predicted molar refractivity (Wildman–Crippen MR) is 116 cm³/mol. The van der Waals surface area contributed by atoms with Crippen molar-refractivity contribution in [1.29, 1.82) is 0 Å². The van der Waals surface area contributed by atoms with E-state index in [1.807, 2.05) is 18.2 Å². The fraction of sp³-hybridized carbons (Fsp3) is 0.125. The maximum atomic E-state index is 13.3. The number of para-hydroxylation sites is 1. The standard InChI is InChI=1S/C24H20FNO4S/c1-16-20-9-5-6-10-21(20)30-23(16)24(27)26-15-22(17-7-3-2-4-8-17)31(28,29)19-13-11-18(25)12-14-19/h2-14,22H,15H2,1H3,(H,26,27). The number of hydrogen-bond donors (Lipinski definition) is 1. The summed E-state index contributed by atoms with van der Waals surface area (Å²) in [6, 6.07) is 20.6. The highest BCUT2D eigenvalue weighted by Crippen LogP contribution is 2.29. The molecular formula is C24H20FNO4S. The van der Waals surface area contributed by atoms with Crippen LogP contribution in [0.3, 0.4) is 0 Å². The van der Waals surface area contributed by atoms with Gasteiger partial charge in [0.15, 0.2) is 15.6 Å². The number of sulfone groups is 1. The van der Waals surface area contributed by atoms with Gasteiger partial charge in [0, 0.05) is 17.5 Å². The molecule has 4 rings (SSSR count). The number of furan rings is 1. The van der Waals surface area contributed by atoms with Gasteiger partial charge in [-0.1, -0.05) is 48.5 Å². The molecule has 1 amide bonds. The molecule has 0 aliphatic heterocycles. The van der Waals surface area contributed by atoms with E-state index in [4.69, 9.17) is 4.42 Å². The van der Waals surface area contributed by atoms with Gasteiger partial charge in [-0.05, 0) is 42.8 Å². The van der Waals surface area contributed by atoms with Crippen LogP contribution in [0.15, 0.2) is 88.2 Å². The molecule has 0 aliphatic carbocycles. The molecule has 5 nitrogen and oxygen atoms in total. The SMILES string of the molecule is Cc1c(C(=O)NCC(c2ccccc2)S(=O)(=O)c2ccc(F)cc2)oc2ccccc12. The van der Waals surface area contributed by atoms with Gasteiger partial charge >= 0.3 is 0 Å². The number of halogens is 1. The molecule has 0 radical (unpaired) electrons. The Kier molecular flexibility index (Phi) is 5.61. The molecule has 1 unspecified atom stereocenters. The van der Waals surface area contributed by atoms with E-state index in [9.17, 15) is 17.6 Å². The number of nitrogens with one attached hydrogen (secondary N) is 1. The van der Waals surface area contributed by atoms with Gasteiger partial charge in [0.05, 0.1) is 4.90 Å². The largest absolute Gasteiger partial charge is 0.451 e. The summed E-state index contributed by atoms with van der Waals surface area (Å²) in [6.07, 6.45) is 0. The van der Waals surface area contributed by atoms with Crippen LogP contribution >= 0.6 is 0 Å². The molecule has 1 atom stereocenters. The first kappa shape index (κ1) is 20.8. The summed E-state index contributed by atoms with van der Waals surface area (Å²) in [5, 5.41) is 2.48. The number of hydrogen-bond acceptors (Lipinski definition) is 4. The lowest BCUT2D eigenvalue weighted by Crippen LogP contribution is -2.32. The van der Waals surface area contributed by atoms with E-state index < -0.39 is 26.8 Å².